The number of nitrogens with zero attached hydrogens (tertiary/aromatic N) is 2. The topological polar surface area (TPSA) is 42.0 Å². The summed E-state index contributed by atoms with van der Waals surface area (Å²) in [4.78, 5) is 15.8. The first-order valence-electron chi connectivity index (χ1n) is 6.62. The monoisotopic (exact) mass is 258 g/mol. The average Bonchev–Trinajstić information content (AvgIpc) is 2.78. The Hall–Kier alpha value is -0.650. The molecule has 1 rings (SSSR count). The molecule has 1 fully saturated rings. The summed E-state index contributed by atoms with van der Waals surface area (Å²) in [5.41, 5.74) is 0. The second-order valence-electron chi connectivity index (χ2n) is 4.86. The van der Waals surface area contributed by atoms with Gasteiger partial charge in [0.2, 0.25) is 5.91 Å². The van der Waals surface area contributed by atoms with Crippen LogP contribution in [-0.4, -0.2) is 75.4 Å². The van der Waals surface area contributed by atoms with E-state index in [9.17, 15) is 4.79 Å². The van der Waals surface area contributed by atoms with Crippen LogP contribution in [0.2, 0.25) is 0 Å². The van der Waals surface area contributed by atoms with Crippen molar-refractivity contribution in [3.8, 4) is 0 Å². The molecule has 0 aliphatic carbocycles. The van der Waals surface area contributed by atoms with Crippen molar-refractivity contribution in [2.45, 2.75) is 31.9 Å². The van der Waals surface area contributed by atoms with Gasteiger partial charge in [-0.05, 0) is 13.3 Å². The highest BCUT2D eigenvalue weighted by atomic mass is 16.5. The lowest BCUT2D eigenvalue weighted by Crippen LogP contribution is -2.37. The maximum atomic E-state index is 11.8. The van der Waals surface area contributed by atoms with Gasteiger partial charge in [0.1, 0.15) is 0 Å². The standard InChI is InChI=1S/C13H26N2O3/c1-5-14(2)13(16)6-7-15-9-12(18-4)8-11(15)10-17-3/h11-12H,5-10H2,1-4H3/t11-,12+/m0/s1. The average molecular weight is 258 g/mol. The molecule has 5 heteroatoms. The fourth-order valence-corrected chi connectivity index (χ4v) is 2.35. The fourth-order valence-electron chi connectivity index (χ4n) is 2.35. The molecule has 1 aliphatic rings. The maximum absolute atomic E-state index is 11.8. The molecule has 0 spiro atoms. The molecular weight excluding hydrogens is 232 g/mol. The summed E-state index contributed by atoms with van der Waals surface area (Å²) in [6, 6.07) is 0.375. The van der Waals surface area contributed by atoms with Crippen molar-refractivity contribution >= 4 is 5.91 Å². The number of amides is 1. The van der Waals surface area contributed by atoms with Gasteiger partial charge in [0.05, 0.1) is 12.7 Å². The van der Waals surface area contributed by atoms with E-state index in [1.54, 1.807) is 19.1 Å². The van der Waals surface area contributed by atoms with Gasteiger partial charge in [0, 0.05) is 53.4 Å². The summed E-state index contributed by atoms with van der Waals surface area (Å²) in [6.07, 6.45) is 1.83. The van der Waals surface area contributed by atoms with E-state index in [1.165, 1.54) is 0 Å². The van der Waals surface area contributed by atoms with Crippen molar-refractivity contribution in [3.63, 3.8) is 0 Å². The Labute approximate surface area is 110 Å². The van der Waals surface area contributed by atoms with E-state index < -0.39 is 0 Å². The molecule has 0 unspecified atom stereocenters. The number of carbonyl (C=O) groups is 1. The van der Waals surface area contributed by atoms with Crippen LogP contribution in [0.15, 0.2) is 0 Å². The normalized spacial score (nSPS) is 24.4. The molecule has 0 aromatic rings. The van der Waals surface area contributed by atoms with Crippen LogP contribution in [0.3, 0.4) is 0 Å². The second kappa shape index (κ2) is 7.71. The van der Waals surface area contributed by atoms with Crippen LogP contribution in [0.5, 0.6) is 0 Å². The Morgan fingerprint density at radius 1 is 1.44 bits per heavy atom. The molecule has 1 aliphatic heterocycles. The summed E-state index contributed by atoms with van der Waals surface area (Å²) in [5.74, 6) is 0.203. The second-order valence-corrected chi connectivity index (χ2v) is 4.86. The number of rotatable bonds is 7. The summed E-state index contributed by atoms with van der Waals surface area (Å²) >= 11 is 0. The minimum Gasteiger partial charge on any atom is -0.383 e. The van der Waals surface area contributed by atoms with Crippen LogP contribution in [0.25, 0.3) is 0 Å². The van der Waals surface area contributed by atoms with Crippen LogP contribution in [0.1, 0.15) is 19.8 Å². The molecule has 0 aromatic carbocycles. The van der Waals surface area contributed by atoms with Crippen molar-refractivity contribution in [2.24, 2.45) is 0 Å². The number of carbonyl (C=O) groups excluding carboxylic acids is 1. The molecule has 106 valence electrons. The SMILES string of the molecule is CCN(C)C(=O)CCN1C[C@H](OC)C[C@H]1COC. The van der Waals surface area contributed by atoms with Gasteiger partial charge in [-0.2, -0.15) is 0 Å². The van der Waals surface area contributed by atoms with Gasteiger partial charge < -0.3 is 14.4 Å². The van der Waals surface area contributed by atoms with E-state index in [0.717, 1.165) is 26.1 Å². The molecule has 1 saturated heterocycles. The highest BCUT2D eigenvalue weighted by Crippen LogP contribution is 2.20. The first-order valence-corrected chi connectivity index (χ1v) is 6.62. The third-order valence-corrected chi connectivity index (χ3v) is 3.69. The molecule has 1 heterocycles. The van der Waals surface area contributed by atoms with Crippen LogP contribution < -0.4 is 0 Å². The van der Waals surface area contributed by atoms with Crippen LogP contribution in [0, 0.1) is 0 Å². The Morgan fingerprint density at radius 2 is 2.17 bits per heavy atom. The summed E-state index contributed by atoms with van der Waals surface area (Å²) in [7, 11) is 5.30. The molecule has 0 saturated carbocycles. The van der Waals surface area contributed by atoms with E-state index in [2.05, 4.69) is 4.90 Å². The fraction of sp³-hybridized carbons (Fsp3) is 0.923. The van der Waals surface area contributed by atoms with Crippen LogP contribution >= 0.6 is 0 Å². The van der Waals surface area contributed by atoms with E-state index in [-0.39, 0.29) is 12.0 Å². The quantitative estimate of drug-likeness (QED) is 0.670. The van der Waals surface area contributed by atoms with Gasteiger partial charge in [-0.1, -0.05) is 0 Å². The molecule has 18 heavy (non-hydrogen) atoms. The van der Waals surface area contributed by atoms with Gasteiger partial charge in [-0.25, -0.2) is 0 Å². The Bertz CT molecular complexity index is 261. The van der Waals surface area contributed by atoms with E-state index in [1.807, 2.05) is 14.0 Å². The zero-order chi connectivity index (χ0) is 13.5. The third kappa shape index (κ3) is 4.23. The lowest BCUT2D eigenvalue weighted by Gasteiger charge is -2.24. The van der Waals surface area contributed by atoms with Crippen molar-refractivity contribution in [3.05, 3.63) is 0 Å². The van der Waals surface area contributed by atoms with E-state index in [0.29, 0.717) is 19.1 Å². The number of methoxy groups -OCH3 is 2. The number of hydrogen-bond acceptors (Lipinski definition) is 4. The molecule has 5 nitrogen and oxygen atoms in total. The Kier molecular flexibility index (Phi) is 6.60. The lowest BCUT2D eigenvalue weighted by molar-refractivity contribution is -0.130. The van der Waals surface area contributed by atoms with Crippen molar-refractivity contribution in [2.75, 3.05) is 47.5 Å². The minimum atomic E-state index is 0.203. The van der Waals surface area contributed by atoms with Gasteiger partial charge in [0.15, 0.2) is 0 Å². The first-order chi connectivity index (χ1) is 8.62. The van der Waals surface area contributed by atoms with Crippen molar-refractivity contribution in [1.29, 1.82) is 0 Å². The number of hydrogen-bond donors (Lipinski definition) is 0. The number of ether oxygens (including phenoxy) is 2. The molecule has 0 radical (unpaired) electrons. The van der Waals surface area contributed by atoms with Gasteiger partial charge in [-0.15, -0.1) is 0 Å². The molecule has 0 bridgehead atoms. The lowest BCUT2D eigenvalue weighted by atomic mass is 10.2. The molecule has 2 atom stereocenters. The van der Waals surface area contributed by atoms with Gasteiger partial charge >= 0.3 is 0 Å². The molecule has 0 aromatic heterocycles. The summed E-state index contributed by atoms with van der Waals surface area (Å²) in [6.45, 7) is 5.14. The molecule has 1 amide bonds. The minimum absolute atomic E-state index is 0.203. The maximum Gasteiger partial charge on any atom is 0.223 e. The predicted molar refractivity (Wildman–Crippen MR) is 70.6 cm³/mol. The number of likely N-dealkylation sites (tertiary alicyclic amines) is 1. The predicted octanol–water partition coefficient (Wildman–Crippen LogP) is 0.591. The smallest absolute Gasteiger partial charge is 0.223 e. The largest absolute Gasteiger partial charge is 0.383 e. The van der Waals surface area contributed by atoms with Gasteiger partial charge in [0.25, 0.3) is 0 Å². The van der Waals surface area contributed by atoms with E-state index in [4.69, 9.17) is 9.47 Å². The summed E-state index contributed by atoms with van der Waals surface area (Å²) in [5, 5.41) is 0. The van der Waals surface area contributed by atoms with Crippen molar-refractivity contribution in [1.82, 2.24) is 9.80 Å². The zero-order valence-corrected chi connectivity index (χ0v) is 12.0. The van der Waals surface area contributed by atoms with Crippen molar-refractivity contribution < 1.29 is 14.3 Å². The first kappa shape index (κ1) is 15.4. The molecular formula is C13H26N2O3. The Balaban J connectivity index is 2.41. The summed E-state index contributed by atoms with van der Waals surface area (Å²) < 4.78 is 10.6. The van der Waals surface area contributed by atoms with E-state index >= 15 is 0 Å². The van der Waals surface area contributed by atoms with Crippen LogP contribution in [0.4, 0.5) is 0 Å². The molecule has 0 N–H and O–H groups in total. The van der Waals surface area contributed by atoms with Crippen LogP contribution in [-0.2, 0) is 14.3 Å². The third-order valence-electron chi connectivity index (χ3n) is 3.69. The Morgan fingerprint density at radius 3 is 2.72 bits per heavy atom. The highest BCUT2D eigenvalue weighted by Gasteiger charge is 2.32. The van der Waals surface area contributed by atoms with Gasteiger partial charge in [-0.3, -0.25) is 9.69 Å². The zero-order valence-electron chi connectivity index (χ0n) is 12.0. The highest BCUT2D eigenvalue weighted by molar-refractivity contribution is 5.75.